The van der Waals surface area contributed by atoms with Gasteiger partial charge in [0.2, 0.25) is 0 Å². The molecule has 0 aliphatic rings. The fraction of sp³-hybridized carbons (Fsp3) is 1.00. The van der Waals surface area contributed by atoms with Gasteiger partial charge >= 0.3 is 41.4 Å². The molecule has 0 spiro atoms. The number of hydrogen-bond donors (Lipinski definition) is 0. The van der Waals surface area contributed by atoms with Crippen molar-refractivity contribution in [1.82, 2.24) is 0 Å². The standard InChI is InChI=1S/3CH4.HI.NS.H3P.S.V/c;;;;1-2;;;/h3*1H4;1H;;1H3;;/q;;;;-1;;;+1/p-1. The first-order valence-electron chi connectivity index (χ1n) is 0.534. The van der Waals surface area contributed by atoms with Crippen molar-refractivity contribution in [2.45, 2.75) is 22.3 Å². The quantitative estimate of drug-likeness (QED) is 0.495. The van der Waals surface area contributed by atoms with Crippen LogP contribution in [0.5, 0.6) is 0 Å². The topological polar surface area (TPSA) is 22.3 Å². The van der Waals surface area contributed by atoms with E-state index >= 15 is 0 Å². The third-order valence-corrected chi connectivity index (χ3v) is 0. The minimum atomic E-state index is 0. The zero-order chi connectivity index (χ0) is 4.71. The molecular weight excluding hydrogens is 323 g/mol. The molecule has 0 saturated carbocycles. The average molecular weight is 338 g/mol. The van der Waals surface area contributed by atoms with Gasteiger partial charge in [0.1, 0.15) is 0 Å². The van der Waals surface area contributed by atoms with Gasteiger partial charge in [-0.2, -0.15) is 9.90 Å². The van der Waals surface area contributed by atoms with Gasteiger partial charge in [-0.1, -0.05) is 22.3 Å². The molecule has 0 N–H and O–H groups in total. The Labute approximate surface area is 89.9 Å². The Hall–Kier alpha value is 1.98. The minimum absolute atomic E-state index is 0. The average Bonchev–Trinajstić information content (AvgIpc) is 1.46. The van der Waals surface area contributed by atoms with E-state index in [1.165, 1.54) is 0 Å². The van der Waals surface area contributed by atoms with Gasteiger partial charge in [-0.15, -0.1) is 0 Å². The molecule has 0 bridgehead atoms. The summed E-state index contributed by atoms with van der Waals surface area (Å²) < 4.78 is 6.58. The molecule has 0 aromatic rings. The van der Waals surface area contributed by atoms with Crippen molar-refractivity contribution in [2.75, 3.05) is 0 Å². The zero-order valence-corrected chi connectivity index (χ0v) is 9.40. The van der Waals surface area contributed by atoms with Crippen LogP contribution >= 0.6 is 40.2 Å². The molecule has 1 atom stereocenters. The van der Waals surface area contributed by atoms with Crippen LogP contribution in [0, 0.1) is 0 Å². The molecule has 0 rings (SSSR count). The molecule has 0 aliphatic carbocycles. The Bertz CT molecular complexity index is 35.8. The molecule has 0 radical (unpaired) electrons. The molecule has 1 nitrogen and oxygen atoms in total. The van der Waals surface area contributed by atoms with Crippen molar-refractivity contribution in [3.05, 3.63) is 4.78 Å². The van der Waals surface area contributed by atoms with E-state index < -0.39 is 0 Å². The van der Waals surface area contributed by atoms with E-state index in [0.29, 0.717) is 0 Å². The summed E-state index contributed by atoms with van der Waals surface area (Å²) in [5.41, 5.74) is 0. The molecule has 0 aromatic carbocycles. The number of rotatable bonds is 0. The summed E-state index contributed by atoms with van der Waals surface area (Å²) in [4.78, 5) is 0. The van der Waals surface area contributed by atoms with E-state index in [-0.39, 0.29) is 43.4 Å². The first kappa shape index (κ1) is 44.1. The Balaban J connectivity index is -0.00000000357. The first-order chi connectivity index (χ1) is 2.41. The Morgan fingerprint density at radius 1 is 1.11 bits per heavy atom. The predicted molar refractivity (Wildman–Crippen MR) is 63.6 cm³/mol. The molecule has 0 saturated heterocycles. The van der Waals surface area contributed by atoms with E-state index in [0.717, 1.165) is 0 Å². The van der Waals surface area contributed by atoms with Gasteiger partial charge in [-0.3, -0.25) is 12.4 Å². The summed E-state index contributed by atoms with van der Waals surface area (Å²) in [6.07, 6.45) is 0. The summed E-state index contributed by atoms with van der Waals surface area (Å²) in [6, 6.07) is 0. The van der Waals surface area contributed by atoms with Crippen LogP contribution in [0.1, 0.15) is 22.3 Å². The summed E-state index contributed by atoms with van der Waals surface area (Å²) in [6.45, 7) is 0. The maximum absolute atomic E-state index is 6.58. The van der Waals surface area contributed by atoms with Crippen LogP contribution < -0.4 is 0 Å². The molecule has 0 fully saturated rings. The zero-order valence-electron chi connectivity index (χ0n) is 2.80. The third kappa shape index (κ3) is 162. The number of hydrogen-bond acceptors (Lipinski definition) is 2. The molecule has 0 aliphatic heterocycles. The van der Waals surface area contributed by atoms with Gasteiger partial charge < -0.3 is 4.78 Å². The van der Waals surface area contributed by atoms with Gasteiger partial charge in [0.05, 0.1) is 0 Å². The predicted octanol–water partition coefficient (Wildman–Crippen LogP) is 3.78. The van der Waals surface area contributed by atoms with E-state index in [1.807, 2.05) is 0 Å². The van der Waals surface area contributed by atoms with Crippen molar-refractivity contribution in [1.29, 1.82) is 0 Å². The van der Waals surface area contributed by atoms with E-state index in [4.69, 9.17) is 4.78 Å². The van der Waals surface area contributed by atoms with Crippen LogP contribution in [-0.4, -0.2) is 0 Å². The first-order valence-corrected chi connectivity index (χ1v) is 7.48. The number of halogens is 1. The van der Waals surface area contributed by atoms with E-state index in [2.05, 4.69) is 42.7 Å². The summed E-state index contributed by atoms with van der Waals surface area (Å²) in [5, 5.41) is 0. The summed E-state index contributed by atoms with van der Waals surface area (Å²) in [5.74, 6) is 0. The maximum atomic E-state index is 6.58. The number of nitrogens with zero attached hydrogens (tertiary/aromatic N) is 1. The monoisotopic (exact) mass is 338 g/mol. The van der Waals surface area contributed by atoms with Crippen molar-refractivity contribution in [3.8, 4) is 0 Å². The molecular formula is C3H15INPS2V-. The van der Waals surface area contributed by atoms with E-state index in [1.54, 1.807) is 0 Å². The summed E-state index contributed by atoms with van der Waals surface area (Å²) in [7, 11) is 4.47. The SMILES string of the molecule is C.C.C.P.[N-]=S.[S]=[V][I]. The van der Waals surface area contributed by atoms with Gasteiger partial charge in [0.25, 0.3) is 0 Å². The van der Waals surface area contributed by atoms with Gasteiger partial charge in [-0.25, -0.2) is 0 Å². The normalized spacial score (nSPS) is 1.89. The summed E-state index contributed by atoms with van der Waals surface area (Å²) >= 11 is 5.52. The third-order valence-electron chi connectivity index (χ3n) is 0. The van der Waals surface area contributed by atoms with Crippen molar-refractivity contribution < 1.29 is 11.2 Å². The molecule has 1 unspecified atom stereocenters. The van der Waals surface area contributed by atoms with Crippen LogP contribution in [0.2, 0.25) is 0 Å². The second-order valence-electron chi connectivity index (χ2n) is 0.0690. The fourth-order valence-corrected chi connectivity index (χ4v) is 0. The molecule has 6 heteroatoms. The molecule has 0 heterocycles. The molecule has 62 valence electrons. The van der Waals surface area contributed by atoms with Crippen LogP contribution in [0.4, 0.5) is 0 Å². The van der Waals surface area contributed by atoms with Gasteiger partial charge in [0.15, 0.2) is 0 Å². The van der Waals surface area contributed by atoms with Gasteiger partial charge in [-0.05, 0) is 0 Å². The van der Waals surface area contributed by atoms with E-state index in [9.17, 15) is 0 Å². The Kier molecular flexibility index (Phi) is 443. The second kappa shape index (κ2) is 90.5. The van der Waals surface area contributed by atoms with Gasteiger partial charge in [0, 0.05) is 0 Å². The molecule has 9 heavy (non-hydrogen) atoms. The van der Waals surface area contributed by atoms with Crippen molar-refractivity contribution >= 4 is 52.6 Å². The fourth-order valence-electron chi connectivity index (χ4n) is 0. The Morgan fingerprint density at radius 3 is 1.11 bits per heavy atom. The van der Waals surface area contributed by atoms with Crippen LogP contribution in [-0.2, 0) is 23.6 Å². The van der Waals surface area contributed by atoms with Crippen LogP contribution in [0.15, 0.2) is 0 Å². The van der Waals surface area contributed by atoms with Crippen molar-refractivity contribution in [2.24, 2.45) is 0 Å². The van der Waals surface area contributed by atoms with Crippen LogP contribution in [0.3, 0.4) is 0 Å². The second-order valence-corrected chi connectivity index (χ2v) is 5.73. The van der Waals surface area contributed by atoms with Crippen LogP contribution in [0.25, 0.3) is 4.78 Å². The van der Waals surface area contributed by atoms with Crippen molar-refractivity contribution in [3.63, 3.8) is 0 Å². The molecule has 0 amide bonds. The Morgan fingerprint density at radius 2 is 1.11 bits per heavy atom. The molecule has 0 aromatic heterocycles.